The molecule has 0 saturated heterocycles. The molecule has 0 radical (unpaired) electrons. The molecule has 0 aliphatic heterocycles. The molecule has 2 unspecified atom stereocenters. The van der Waals surface area contributed by atoms with Gasteiger partial charge in [0.2, 0.25) is 4.21 Å². The lowest BCUT2D eigenvalue weighted by atomic mass is 10.2. The average Bonchev–Trinajstić information content (AvgIpc) is 3.28. The van der Waals surface area contributed by atoms with Crippen molar-refractivity contribution < 1.29 is 18.2 Å². The largest absolute Gasteiger partial charge is 0.588 e. The van der Waals surface area contributed by atoms with Gasteiger partial charge in [-0.15, -0.1) is 0 Å². The minimum atomic E-state index is -1.82. The van der Waals surface area contributed by atoms with Gasteiger partial charge in [0, 0.05) is 18.7 Å². The molecular weight excluding hydrogens is 526 g/mol. The van der Waals surface area contributed by atoms with Crippen LogP contribution in [-0.4, -0.2) is 22.4 Å². The molecule has 1 heterocycles. The van der Waals surface area contributed by atoms with Crippen LogP contribution in [0.3, 0.4) is 0 Å². The summed E-state index contributed by atoms with van der Waals surface area (Å²) in [6.45, 7) is 2.19. The first-order valence-electron chi connectivity index (χ1n) is 8.75. The molecule has 5 nitrogen and oxygen atoms in total. The number of anilines is 2. The van der Waals surface area contributed by atoms with Crippen LogP contribution >= 0.6 is 46.1 Å². The van der Waals surface area contributed by atoms with Crippen LogP contribution in [0, 0.1) is 5.82 Å². The van der Waals surface area contributed by atoms with Gasteiger partial charge in [-0.1, -0.05) is 46.1 Å². The molecule has 0 aliphatic carbocycles. The van der Waals surface area contributed by atoms with Gasteiger partial charge < -0.3 is 13.8 Å². The molecule has 0 saturated carbocycles. The summed E-state index contributed by atoms with van der Waals surface area (Å²) in [6, 6.07) is 10.3. The molecule has 3 aromatic rings. The topological polar surface area (TPSA) is 70.6 Å². The lowest BCUT2D eigenvalue weighted by Gasteiger charge is -2.27. The number of halogens is 4. The molecule has 2 atom stereocenters. The van der Waals surface area contributed by atoms with Crippen LogP contribution in [0.15, 0.2) is 56.9 Å². The van der Waals surface area contributed by atoms with E-state index in [0.717, 1.165) is 6.07 Å². The van der Waals surface area contributed by atoms with E-state index in [1.807, 2.05) is 12.3 Å². The zero-order chi connectivity index (χ0) is 22.5. The fraction of sp³-hybridized carbons (Fsp3) is 0.158. The zero-order valence-electron chi connectivity index (χ0n) is 15.9. The van der Waals surface area contributed by atoms with Crippen molar-refractivity contribution in [2.75, 3.05) is 22.4 Å². The number of rotatable bonds is 9. The number of ether oxygens (including phenoxy) is 1. The van der Waals surface area contributed by atoms with Crippen LogP contribution in [0.2, 0.25) is 15.1 Å². The summed E-state index contributed by atoms with van der Waals surface area (Å²) in [7, 11) is 0. The molecule has 0 bridgehead atoms. The summed E-state index contributed by atoms with van der Waals surface area (Å²) in [5.41, 5.74) is 0.675. The monoisotopic (exact) mass is 540 g/mol. The van der Waals surface area contributed by atoms with E-state index in [1.165, 1.54) is 39.9 Å². The van der Waals surface area contributed by atoms with Gasteiger partial charge in [0.15, 0.2) is 11.6 Å². The molecule has 12 heteroatoms. The molecule has 31 heavy (non-hydrogen) atoms. The van der Waals surface area contributed by atoms with Gasteiger partial charge in [-0.05, 0) is 42.6 Å². The first-order valence-corrected chi connectivity index (χ1v) is 13.0. The van der Waals surface area contributed by atoms with Gasteiger partial charge in [-0.25, -0.2) is 9.11 Å². The van der Waals surface area contributed by atoms with E-state index >= 15 is 0 Å². The zero-order valence-corrected chi connectivity index (χ0v) is 20.7. The lowest BCUT2D eigenvalue weighted by Crippen LogP contribution is -2.34. The van der Waals surface area contributed by atoms with Crippen LogP contribution in [0.4, 0.5) is 15.8 Å². The smallest absolute Gasteiger partial charge is 0.233 e. The summed E-state index contributed by atoms with van der Waals surface area (Å²) in [5.74, 6) is -0.619. The second-order valence-corrected chi connectivity index (χ2v) is 10.9. The van der Waals surface area contributed by atoms with Crippen LogP contribution in [0.1, 0.15) is 6.92 Å². The van der Waals surface area contributed by atoms with Gasteiger partial charge in [0.25, 0.3) is 0 Å². The Bertz CT molecular complexity index is 1030. The first-order chi connectivity index (χ1) is 14.8. The van der Waals surface area contributed by atoms with E-state index in [2.05, 4.69) is 4.72 Å². The SMILES string of the molecule is CCOCN(c1cc(Cl)c(Cl)cc1N[S+]([O-])c1ccc(F)c(Cl)c1)[S+]([O-])c1cccs1. The molecular formula is C19H16Cl3FN2O3S3. The second-order valence-electron chi connectivity index (χ2n) is 5.91. The van der Waals surface area contributed by atoms with Crippen molar-refractivity contribution in [1.29, 1.82) is 0 Å². The van der Waals surface area contributed by atoms with Crippen LogP contribution < -0.4 is 9.03 Å². The highest BCUT2D eigenvalue weighted by Gasteiger charge is 2.29. The molecule has 0 aliphatic rings. The van der Waals surface area contributed by atoms with Crippen LogP contribution in [0.5, 0.6) is 0 Å². The molecule has 0 amide bonds. The highest BCUT2D eigenvalue weighted by molar-refractivity contribution is 7.94. The minimum absolute atomic E-state index is 0.0112. The Kier molecular flexibility index (Phi) is 9.03. The Hall–Kier alpha value is -0.880. The maximum absolute atomic E-state index is 13.5. The van der Waals surface area contributed by atoms with E-state index in [0.29, 0.717) is 22.2 Å². The Morgan fingerprint density at radius 1 is 1.10 bits per heavy atom. The van der Waals surface area contributed by atoms with Crippen molar-refractivity contribution in [3.05, 3.63) is 68.7 Å². The summed E-state index contributed by atoms with van der Waals surface area (Å²) in [6.07, 6.45) is 0. The van der Waals surface area contributed by atoms with E-state index in [1.54, 1.807) is 12.1 Å². The molecule has 3 rings (SSSR count). The standard InChI is InChI=1S/C19H16Cl3FN2O3S3/c1-2-28-11-25(31(27)19-4-3-7-29-19)18-10-14(21)13(20)9-17(18)24-30(26)12-5-6-16(23)15(22)8-12/h3-10,24H,2,11H2,1H3. The summed E-state index contributed by atoms with van der Waals surface area (Å²) in [5, 5.41) is 2.09. The van der Waals surface area contributed by atoms with Crippen molar-refractivity contribution in [3.63, 3.8) is 0 Å². The fourth-order valence-electron chi connectivity index (χ4n) is 2.43. The van der Waals surface area contributed by atoms with E-state index in [4.69, 9.17) is 39.5 Å². The van der Waals surface area contributed by atoms with Crippen molar-refractivity contribution in [3.8, 4) is 0 Å². The van der Waals surface area contributed by atoms with Gasteiger partial charge >= 0.3 is 0 Å². The number of hydrogen-bond donors (Lipinski definition) is 1. The van der Waals surface area contributed by atoms with Crippen LogP contribution in [0.25, 0.3) is 0 Å². The molecule has 166 valence electrons. The molecule has 0 spiro atoms. The maximum atomic E-state index is 13.5. The number of nitrogens with zero attached hydrogens (tertiary/aromatic N) is 1. The molecule has 1 aromatic heterocycles. The van der Waals surface area contributed by atoms with Gasteiger partial charge in [-0.2, -0.15) is 4.31 Å². The summed E-state index contributed by atoms with van der Waals surface area (Å²) in [4.78, 5) is 0.249. The van der Waals surface area contributed by atoms with Crippen molar-refractivity contribution in [1.82, 2.24) is 0 Å². The van der Waals surface area contributed by atoms with Crippen molar-refractivity contribution >= 4 is 80.2 Å². The van der Waals surface area contributed by atoms with Gasteiger partial charge in [0.1, 0.15) is 39.9 Å². The summed E-state index contributed by atoms with van der Waals surface area (Å²) >= 11 is 16.1. The number of benzene rings is 2. The second kappa shape index (κ2) is 11.3. The van der Waals surface area contributed by atoms with Gasteiger partial charge in [0.05, 0.1) is 15.1 Å². The Morgan fingerprint density at radius 3 is 2.48 bits per heavy atom. The maximum Gasteiger partial charge on any atom is 0.233 e. The lowest BCUT2D eigenvalue weighted by molar-refractivity contribution is 0.157. The average molecular weight is 542 g/mol. The third kappa shape index (κ3) is 6.13. The van der Waals surface area contributed by atoms with E-state index in [9.17, 15) is 13.5 Å². The number of thiophene rings is 1. The number of nitrogens with one attached hydrogen (secondary N) is 1. The summed E-state index contributed by atoms with van der Waals surface area (Å²) < 4.78 is 50.0. The quantitative estimate of drug-likeness (QED) is 0.247. The predicted molar refractivity (Wildman–Crippen MR) is 128 cm³/mol. The normalized spacial score (nSPS) is 13.1. The fourth-order valence-corrected chi connectivity index (χ4v) is 6.02. The van der Waals surface area contributed by atoms with Crippen molar-refractivity contribution in [2.45, 2.75) is 16.0 Å². The highest BCUT2D eigenvalue weighted by atomic mass is 35.5. The van der Waals surface area contributed by atoms with E-state index in [-0.39, 0.29) is 26.7 Å². The first kappa shape index (κ1) is 24.8. The predicted octanol–water partition coefficient (Wildman–Crippen LogP) is 6.51. The Morgan fingerprint density at radius 2 is 1.84 bits per heavy atom. The van der Waals surface area contributed by atoms with Gasteiger partial charge in [-0.3, -0.25) is 0 Å². The third-order valence-electron chi connectivity index (χ3n) is 3.90. The molecule has 1 N–H and O–H groups in total. The Balaban J connectivity index is 1.99. The number of hydrogen-bond acceptors (Lipinski definition) is 6. The van der Waals surface area contributed by atoms with Crippen LogP contribution in [-0.2, 0) is 27.5 Å². The highest BCUT2D eigenvalue weighted by Crippen LogP contribution is 2.39. The van der Waals surface area contributed by atoms with Crippen molar-refractivity contribution in [2.24, 2.45) is 0 Å². The van der Waals surface area contributed by atoms with E-state index < -0.39 is 28.5 Å². The minimum Gasteiger partial charge on any atom is -0.588 e. The third-order valence-corrected chi connectivity index (χ3v) is 8.56. The molecule has 2 aromatic carbocycles. The molecule has 0 fully saturated rings. The Labute approximate surface area is 204 Å².